The Morgan fingerprint density at radius 2 is 2.17 bits per heavy atom. The molecule has 23 heavy (non-hydrogen) atoms. The summed E-state index contributed by atoms with van der Waals surface area (Å²) in [5.41, 5.74) is 1.65. The Kier molecular flexibility index (Phi) is 4.40. The molecule has 122 valence electrons. The molecule has 3 rings (SSSR count). The Morgan fingerprint density at radius 1 is 1.43 bits per heavy atom. The molecule has 1 fully saturated rings. The van der Waals surface area contributed by atoms with Crippen molar-refractivity contribution in [2.24, 2.45) is 17.8 Å². The van der Waals surface area contributed by atoms with E-state index < -0.39 is 0 Å². The molecule has 1 saturated carbocycles. The maximum Gasteiger partial charge on any atom is 0.309 e. The van der Waals surface area contributed by atoms with Crippen molar-refractivity contribution in [3.05, 3.63) is 16.0 Å². The Balaban J connectivity index is 1.62. The highest BCUT2D eigenvalue weighted by atomic mass is 32.1. The van der Waals surface area contributed by atoms with E-state index in [1.165, 1.54) is 16.2 Å². The van der Waals surface area contributed by atoms with Crippen molar-refractivity contribution < 1.29 is 14.3 Å². The number of anilines is 1. The van der Waals surface area contributed by atoms with Gasteiger partial charge in [-0.25, -0.2) is 0 Å². The summed E-state index contributed by atoms with van der Waals surface area (Å²) in [5.74, 6) is 0.245. The molecule has 1 N–H and O–H groups in total. The van der Waals surface area contributed by atoms with Gasteiger partial charge in [-0.3, -0.25) is 9.59 Å². The molecule has 2 aliphatic rings. The second-order valence-corrected chi connectivity index (χ2v) is 7.75. The first-order valence-electron chi connectivity index (χ1n) is 8.00. The second-order valence-electron chi connectivity index (χ2n) is 6.64. The molecular formula is C17H20N2O3S. The van der Waals surface area contributed by atoms with Gasteiger partial charge in [0.05, 0.1) is 11.5 Å². The topological polar surface area (TPSA) is 79.2 Å². The van der Waals surface area contributed by atoms with Crippen LogP contribution in [0.15, 0.2) is 0 Å². The number of thiophene rings is 1. The summed E-state index contributed by atoms with van der Waals surface area (Å²) in [7, 11) is 0. The molecule has 1 aromatic rings. The summed E-state index contributed by atoms with van der Waals surface area (Å²) in [4.78, 5) is 24.8. The fourth-order valence-corrected chi connectivity index (χ4v) is 4.39. The second kappa shape index (κ2) is 6.32. The third kappa shape index (κ3) is 3.40. The van der Waals surface area contributed by atoms with Gasteiger partial charge in [0.1, 0.15) is 11.1 Å². The van der Waals surface area contributed by atoms with Gasteiger partial charge in [0.25, 0.3) is 5.91 Å². The number of rotatable bonds is 4. The predicted octanol–water partition coefficient (Wildman–Crippen LogP) is 2.88. The van der Waals surface area contributed by atoms with E-state index in [1.54, 1.807) is 0 Å². The number of carbonyl (C=O) groups is 2. The fraction of sp³-hybridized carbons (Fsp3) is 0.588. The van der Waals surface area contributed by atoms with Crippen molar-refractivity contribution in [1.82, 2.24) is 0 Å². The van der Waals surface area contributed by atoms with Gasteiger partial charge in [-0.2, -0.15) is 5.26 Å². The number of ether oxygens (including phenoxy) is 1. The van der Waals surface area contributed by atoms with Crippen LogP contribution in [0.2, 0.25) is 0 Å². The van der Waals surface area contributed by atoms with Crippen LogP contribution in [0.1, 0.15) is 42.7 Å². The number of amides is 1. The van der Waals surface area contributed by atoms with Crippen LogP contribution in [0.3, 0.4) is 0 Å². The van der Waals surface area contributed by atoms with Crippen molar-refractivity contribution in [1.29, 1.82) is 5.26 Å². The first-order chi connectivity index (χ1) is 11.0. The lowest BCUT2D eigenvalue weighted by Gasteiger charge is -2.17. The monoisotopic (exact) mass is 332 g/mol. The first kappa shape index (κ1) is 16.0. The molecule has 2 aliphatic carbocycles. The Morgan fingerprint density at radius 3 is 2.83 bits per heavy atom. The third-order valence-electron chi connectivity index (χ3n) is 4.63. The van der Waals surface area contributed by atoms with Crippen LogP contribution in [0.4, 0.5) is 5.00 Å². The maximum atomic E-state index is 12.0. The average molecular weight is 332 g/mol. The number of carbonyl (C=O) groups excluding carboxylic acids is 2. The molecule has 0 spiro atoms. The summed E-state index contributed by atoms with van der Waals surface area (Å²) in [6, 6.07) is 2.21. The SMILES string of the molecule is C[C@H]1CCc2c(sc(NC(=O)COC(=O)[C@H]3C[C@@H]3C)c2C#N)C1. The van der Waals surface area contributed by atoms with E-state index in [4.69, 9.17) is 4.74 Å². The van der Waals surface area contributed by atoms with Gasteiger partial charge in [-0.05, 0) is 43.1 Å². The van der Waals surface area contributed by atoms with Crippen molar-refractivity contribution in [2.45, 2.75) is 39.5 Å². The van der Waals surface area contributed by atoms with E-state index in [0.717, 1.165) is 31.2 Å². The molecule has 0 unspecified atom stereocenters. The Hall–Kier alpha value is -1.87. The van der Waals surface area contributed by atoms with E-state index in [0.29, 0.717) is 22.4 Å². The van der Waals surface area contributed by atoms with Crippen LogP contribution in [0, 0.1) is 29.1 Å². The Bertz CT molecular complexity index is 689. The minimum atomic E-state index is -0.380. The fourth-order valence-electron chi connectivity index (χ4n) is 3.01. The smallest absolute Gasteiger partial charge is 0.309 e. The third-order valence-corrected chi connectivity index (χ3v) is 5.80. The molecular weight excluding hydrogens is 312 g/mol. The normalized spacial score (nSPS) is 25.2. The van der Waals surface area contributed by atoms with E-state index in [2.05, 4.69) is 18.3 Å². The van der Waals surface area contributed by atoms with Crippen LogP contribution >= 0.6 is 11.3 Å². The van der Waals surface area contributed by atoms with E-state index in [1.807, 2.05) is 6.92 Å². The molecule has 0 bridgehead atoms. The van der Waals surface area contributed by atoms with Crippen LogP contribution in [0.25, 0.3) is 0 Å². The first-order valence-corrected chi connectivity index (χ1v) is 8.82. The number of hydrogen-bond donors (Lipinski definition) is 1. The summed E-state index contributed by atoms with van der Waals surface area (Å²) in [6.07, 6.45) is 3.76. The molecule has 6 heteroatoms. The molecule has 0 aromatic carbocycles. The van der Waals surface area contributed by atoms with Crippen molar-refractivity contribution in [2.75, 3.05) is 11.9 Å². The van der Waals surface area contributed by atoms with E-state index in [9.17, 15) is 14.9 Å². The van der Waals surface area contributed by atoms with Gasteiger partial charge in [-0.15, -0.1) is 11.3 Å². The number of nitrogens with zero attached hydrogens (tertiary/aromatic N) is 1. The number of esters is 1. The van der Waals surface area contributed by atoms with Gasteiger partial charge >= 0.3 is 5.97 Å². The zero-order valence-electron chi connectivity index (χ0n) is 13.3. The summed E-state index contributed by atoms with van der Waals surface area (Å²) in [5, 5.41) is 12.7. The summed E-state index contributed by atoms with van der Waals surface area (Å²) >= 11 is 1.48. The van der Waals surface area contributed by atoms with Gasteiger partial charge in [0, 0.05) is 4.88 Å². The molecule has 0 aliphatic heterocycles. The highest BCUT2D eigenvalue weighted by molar-refractivity contribution is 7.16. The highest BCUT2D eigenvalue weighted by Gasteiger charge is 2.40. The summed E-state index contributed by atoms with van der Waals surface area (Å²) < 4.78 is 5.03. The van der Waals surface area contributed by atoms with Crippen molar-refractivity contribution in [3.8, 4) is 6.07 Å². The zero-order valence-corrected chi connectivity index (χ0v) is 14.2. The Labute approximate surface area is 139 Å². The molecule has 1 heterocycles. The lowest BCUT2D eigenvalue weighted by atomic mass is 9.89. The maximum absolute atomic E-state index is 12.0. The number of hydrogen-bond acceptors (Lipinski definition) is 5. The highest BCUT2D eigenvalue weighted by Crippen LogP contribution is 2.40. The predicted molar refractivity (Wildman–Crippen MR) is 87.1 cm³/mol. The number of fused-ring (bicyclic) bond motifs is 1. The van der Waals surface area contributed by atoms with Crippen LogP contribution < -0.4 is 5.32 Å². The minimum Gasteiger partial charge on any atom is -0.455 e. The largest absolute Gasteiger partial charge is 0.455 e. The zero-order chi connectivity index (χ0) is 16.6. The van der Waals surface area contributed by atoms with Crippen molar-refractivity contribution >= 4 is 28.2 Å². The van der Waals surface area contributed by atoms with E-state index >= 15 is 0 Å². The minimum absolute atomic E-state index is 0.0481. The van der Waals surface area contributed by atoms with Crippen LogP contribution in [-0.4, -0.2) is 18.5 Å². The number of nitrogens with one attached hydrogen (secondary N) is 1. The standard InChI is InChI=1S/C17H20N2O3S/c1-9-3-4-11-13(7-18)16(23-14(11)5-9)19-15(20)8-22-17(21)12-6-10(12)2/h9-10,12H,3-6,8H2,1-2H3,(H,19,20)/t9-,10-,12-/m0/s1. The van der Waals surface area contributed by atoms with Gasteiger partial charge in [-0.1, -0.05) is 13.8 Å². The average Bonchev–Trinajstić information content (AvgIpc) is 3.14. The van der Waals surface area contributed by atoms with Crippen LogP contribution in [0.5, 0.6) is 0 Å². The summed E-state index contributed by atoms with van der Waals surface area (Å²) in [6.45, 7) is 3.90. The van der Waals surface area contributed by atoms with Crippen molar-refractivity contribution in [3.63, 3.8) is 0 Å². The molecule has 1 aromatic heterocycles. The van der Waals surface area contributed by atoms with Crippen LogP contribution in [-0.2, 0) is 27.2 Å². The van der Waals surface area contributed by atoms with Gasteiger partial charge in [0.15, 0.2) is 6.61 Å². The van der Waals surface area contributed by atoms with E-state index in [-0.39, 0.29) is 24.4 Å². The lowest BCUT2D eigenvalue weighted by Crippen LogP contribution is -2.21. The molecule has 1 amide bonds. The van der Waals surface area contributed by atoms with Gasteiger partial charge < -0.3 is 10.1 Å². The quantitative estimate of drug-likeness (QED) is 0.860. The number of nitriles is 1. The van der Waals surface area contributed by atoms with Gasteiger partial charge in [0.2, 0.25) is 0 Å². The lowest BCUT2D eigenvalue weighted by molar-refractivity contribution is -0.148. The molecule has 0 saturated heterocycles. The molecule has 5 nitrogen and oxygen atoms in total. The molecule has 0 radical (unpaired) electrons. The molecule has 3 atom stereocenters.